The van der Waals surface area contributed by atoms with E-state index in [1.807, 2.05) is 29.2 Å². The third-order valence-corrected chi connectivity index (χ3v) is 5.93. The lowest BCUT2D eigenvalue weighted by Crippen LogP contribution is -2.37. The number of fused-ring (bicyclic) bond motifs is 2. The average molecular weight is 392 g/mol. The van der Waals surface area contributed by atoms with Crippen LogP contribution in [0.5, 0.6) is 0 Å². The second-order valence-corrected chi connectivity index (χ2v) is 7.82. The van der Waals surface area contributed by atoms with Gasteiger partial charge in [-0.2, -0.15) is 5.10 Å². The van der Waals surface area contributed by atoms with E-state index in [1.165, 1.54) is 11.1 Å². The first-order valence-electron chi connectivity index (χ1n) is 10.2. The lowest BCUT2D eigenvalue weighted by Gasteiger charge is -2.29. The van der Waals surface area contributed by atoms with Gasteiger partial charge in [0.15, 0.2) is 5.82 Å². The van der Waals surface area contributed by atoms with Crippen molar-refractivity contribution in [2.24, 2.45) is 7.05 Å². The first-order valence-corrected chi connectivity index (χ1v) is 10.2. The van der Waals surface area contributed by atoms with Gasteiger partial charge in [0.25, 0.3) is 5.91 Å². The minimum atomic E-state index is -0.0726. The van der Waals surface area contributed by atoms with E-state index in [4.69, 9.17) is 0 Å². The molecule has 3 aromatic rings. The van der Waals surface area contributed by atoms with Gasteiger partial charge in [0.2, 0.25) is 0 Å². The minimum absolute atomic E-state index is 0.0694. The molecule has 2 aliphatic rings. The number of benzene rings is 1. The van der Waals surface area contributed by atoms with Crippen LogP contribution >= 0.6 is 0 Å². The van der Waals surface area contributed by atoms with Gasteiger partial charge in [-0.25, -0.2) is 9.48 Å². The van der Waals surface area contributed by atoms with Crippen LogP contribution < -0.4 is 10.6 Å². The van der Waals surface area contributed by atoms with E-state index in [-0.39, 0.29) is 11.6 Å². The first-order chi connectivity index (χ1) is 14.1. The molecule has 1 amide bonds. The molecule has 0 spiro atoms. The van der Waals surface area contributed by atoms with Crippen LogP contribution in [0.1, 0.15) is 35.4 Å². The van der Waals surface area contributed by atoms with E-state index in [9.17, 15) is 9.59 Å². The maximum Gasteiger partial charge on any atom is 0.345 e. The van der Waals surface area contributed by atoms with E-state index in [2.05, 4.69) is 15.0 Å². The molecule has 4 heterocycles. The Hall–Kier alpha value is -3.16. The molecule has 150 valence electrons. The Kier molecular flexibility index (Phi) is 4.34. The van der Waals surface area contributed by atoms with E-state index in [0.29, 0.717) is 25.2 Å². The number of para-hydroxylation sites is 1. The van der Waals surface area contributed by atoms with Gasteiger partial charge in [0.05, 0.1) is 23.3 Å². The topological polar surface area (TPSA) is 76.3 Å². The third-order valence-electron chi connectivity index (χ3n) is 5.93. The van der Waals surface area contributed by atoms with Crippen molar-refractivity contribution < 1.29 is 4.79 Å². The number of hydrogen-bond acceptors (Lipinski definition) is 5. The molecule has 1 fully saturated rings. The van der Waals surface area contributed by atoms with E-state index in [1.54, 1.807) is 17.8 Å². The zero-order chi connectivity index (χ0) is 20.0. The van der Waals surface area contributed by atoms with Crippen molar-refractivity contribution in [2.75, 3.05) is 24.5 Å². The highest BCUT2D eigenvalue weighted by molar-refractivity contribution is 5.99. The Labute approximate surface area is 168 Å². The number of likely N-dealkylation sites (tertiary alicyclic amines) is 1. The van der Waals surface area contributed by atoms with Gasteiger partial charge in [-0.15, -0.1) is 0 Å². The quantitative estimate of drug-likeness (QED) is 0.664. The van der Waals surface area contributed by atoms with Crippen molar-refractivity contribution in [3.8, 4) is 0 Å². The molecule has 1 saturated heterocycles. The minimum Gasteiger partial charge on any atom is -0.360 e. The van der Waals surface area contributed by atoms with Crippen LogP contribution in [0, 0.1) is 0 Å². The van der Waals surface area contributed by atoms with Crippen LogP contribution in [0.25, 0.3) is 10.9 Å². The summed E-state index contributed by atoms with van der Waals surface area (Å²) < 4.78 is 3.11. The van der Waals surface area contributed by atoms with Gasteiger partial charge in [-0.05, 0) is 31.4 Å². The highest BCUT2D eigenvalue weighted by Crippen LogP contribution is 2.28. The molecule has 0 aliphatic carbocycles. The molecule has 29 heavy (non-hydrogen) atoms. The van der Waals surface area contributed by atoms with Crippen LogP contribution in [0.15, 0.2) is 35.3 Å². The number of carbonyl (C=O) groups is 1. The van der Waals surface area contributed by atoms with Gasteiger partial charge in [-0.3, -0.25) is 14.3 Å². The lowest BCUT2D eigenvalue weighted by molar-refractivity contribution is 0.0724. The number of hydrogen-bond donors (Lipinski definition) is 0. The zero-order valence-electron chi connectivity index (χ0n) is 16.5. The third kappa shape index (κ3) is 3.08. The fourth-order valence-corrected chi connectivity index (χ4v) is 4.37. The molecule has 0 radical (unpaired) electrons. The van der Waals surface area contributed by atoms with Crippen LogP contribution in [-0.4, -0.2) is 49.8 Å². The number of piperidine rings is 1. The summed E-state index contributed by atoms with van der Waals surface area (Å²) in [5.74, 6) is 0.831. The van der Waals surface area contributed by atoms with Gasteiger partial charge >= 0.3 is 5.69 Å². The summed E-state index contributed by atoms with van der Waals surface area (Å²) in [6.45, 7) is 3.54. The largest absolute Gasteiger partial charge is 0.360 e. The van der Waals surface area contributed by atoms with E-state index in [0.717, 1.165) is 48.3 Å². The second-order valence-electron chi connectivity index (χ2n) is 7.82. The Balaban J connectivity index is 1.46. The molecule has 5 rings (SSSR count). The van der Waals surface area contributed by atoms with Crippen molar-refractivity contribution in [1.82, 2.24) is 24.2 Å². The van der Waals surface area contributed by atoms with Crippen LogP contribution in [0.2, 0.25) is 0 Å². The summed E-state index contributed by atoms with van der Waals surface area (Å²) >= 11 is 0. The highest BCUT2D eigenvalue weighted by atomic mass is 16.2. The molecular weight excluding hydrogens is 368 g/mol. The van der Waals surface area contributed by atoms with E-state index < -0.39 is 0 Å². The van der Waals surface area contributed by atoms with Crippen LogP contribution in [0.3, 0.4) is 0 Å². The van der Waals surface area contributed by atoms with Gasteiger partial charge < -0.3 is 9.80 Å². The number of aromatic nitrogens is 4. The second kappa shape index (κ2) is 7.02. The average Bonchev–Trinajstić information content (AvgIpc) is 3.06. The summed E-state index contributed by atoms with van der Waals surface area (Å²) in [5.41, 5.74) is 2.45. The molecule has 0 N–H and O–H groups in total. The van der Waals surface area contributed by atoms with Crippen LogP contribution in [-0.2, 0) is 20.1 Å². The normalized spacial score (nSPS) is 16.9. The smallest absolute Gasteiger partial charge is 0.345 e. The number of pyridine rings is 1. The lowest BCUT2D eigenvalue weighted by atomic mass is 10.1. The molecule has 0 atom stereocenters. The van der Waals surface area contributed by atoms with Gasteiger partial charge in [-0.1, -0.05) is 12.1 Å². The molecule has 8 heteroatoms. The molecule has 2 aromatic heterocycles. The monoisotopic (exact) mass is 392 g/mol. The predicted octanol–water partition coefficient (Wildman–Crippen LogP) is 1.78. The number of carbonyl (C=O) groups excluding carboxylic acids is 1. The Morgan fingerprint density at radius 1 is 1.07 bits per heavy atom. The maximum atomic E-state index is 12.8. The predicted molar refractivity (Wildman–Crippen MR) is 110 cm³/mol. The van der Waals surface area contributed by atoms with E-state index >= 15 is 0 Å². The molecule has 0 saturated carbocycles. The number of nitrogens with zero attached hydrogens (tertiary/aromatic N) is 6. The number of aryl methyl sites for hydroxylation is 1. The highest BCUT2D eigenvalue weighted by Gasteiger charge is 2.23. The molecule has 8 nitrogen and oxygen atoms in total. The van der Waals surface area contributed by atoms with Crippen molar-refractivity contribution in [1.29, 1.82) is 0 Å². The number of amides is 1. The van der Waals surface area contributed by atoms with Crippen molar-refractivity contribution in [3.05, 3.63) is 52.3 Å². The maximum absolute atomic E-state index is 12.8. The Morgan fingerprint density at radius 3 is 2.72 bits per heavy atom. The summed E-state index contributed by atoms with van der Waals surface area (Å²) in [6.07, 6.45) is 5.04. The first kappa shape index (κ1) is 17.9. The van der Waals surface area contributed by atoms with Gasteiger partial charge in [0.1, 0.15) is 0 Å². The summed E-state index contributed by atoms with van der Waals surface area (Å²) in [4.78, 5) is 33.7. The zero-order valence-corrected chi connectivity index (χ0v) is 16.5. The summed E-state index contributed by atoms with van der Waals surface area (Å²) in [7, 11) is 1.68. The number of anilines is 1. The summed E-state index contributed by atoms with van der Waals surface area (Å²) in [5, 5.41) is 5.30. The molecule has 2 aliphatic heterocycles. The van der Waals surface area contributed by atoms with Crippen molar-refractivity contribution in [2.45, 2.75) is 32.4 Å². The Morgan fingerprint density at radius 2 is 1.90 bits per heavy atom. The van der Waals surface area contributed by atoms with Gasteiger partial charge in [0, 0.05) is 44.8 Å². The molecule has 1 aromatic carbocycles. The molecule has 0 bridgehead atoms. The van der Waals surface area contributed by atoms with Crippen molar-refractivity contribution >= 4 is 22.5 Å². The summed E-state index contributed by atoms with van der Waals surface area (Å²) in [6, 6.07) is 7.98. The van der Waals surface area contributed by atoms with Crippen molar-refractivity contribution in [3.63, 3.8) is 0 Å². The molecular formula is C21H24N6O2. The Bertz CT molecular complexity index is 1140. The SMILES string of the molecule is Cn1nc2n(c1=O)CCN(c1cccc3cc(C(=O)N4CCCCC4)cnc13)C2. The van der Waals surface area contributed by atoms with Crippen LogP contribution in [0.4, 0.5) is 5.69 Å². The fraction of sp³-hybridized carbons (Fsp3) is 0.429. The standard InChI is InChI=1S/C21H24N6O2/c1-24-21(29)27-11-10-26(14-18(27)23-24)17-7-5-6-15-12-16(13-22-19(15)17)20(28)25-8-3-2-4-9-25/h5-7,12-13H,2-4,8-11,14H2,1H3. The number of rotatable bonds is 2. The fourth-order valence-electron chi connectivity index (χ4n) is 4.37. The molecule has 0 unspecified atom stereocenters.